The molecule has 1 aromatic heterocycles. The quantitative estimate of drug-likeness (QED) is 0.772. The summed E-state index contributed by atoms with van der Waals surface area (Å²) in [5.41, 5.74) is 0. The predicted octanol–water partition coefficient (Wildman–Crippen LogP) is 1.51. The van der Waals surface area contributed by atoms with Crippen LogP contribution in [-0.2, 0) is 9.53 Å². The molecule has 2 fully saturated rings. The van der Waals surface area contributed by atoms with Crippen LogP contribution in [0.15, 0.2) is 6.07 Å². The summed E-state index contributed by atoms with van der Waals surface area (Å²) < 4.78 is 5.31. The van der Waals surface area contributed by atoms with Gasteiger partial charge in [-0.2, -0.15) is 0 Å². The maximum Gasteiger partial charge on any atom is 0.225 e. The minimum Gasteiger partial charge on any atom is -0.378 e. The zero-order valence-electron chi connectivity index (χ0n) is 12.8. The number of nitrogens with zero attached hydrogens (tertiary/aromatic N) is 4. The number of halogens is 1. The summed E-state index contributed by atoms with van der Waals surface area (Å²) in [6.45, 7) is 6.25. The van der Waals surface area contributed by atoms with Gasteiger partial charge in [0.25, 0.3) is 0 Å². The topological polar surface area (TPSA) is 58.6 Å². The van der Waals surface area contributed by atoms with E-state index in [2.05, 4.69) is 14.9 Å². The second-order valence-electron chi connectivity index (χ2n) is 5.80. The number of rotatable bonds is 2. The van der Waals surface area contributed by atoms with E-state index in [9.17, 15) is 4.79 Å². The summed E-state index contributed by atoms with van der Waals surface area (Å²) in [6.07, 6.45) is 1.72. The molecule has 0 radical (unpaired) electrons. The van der Waals surface area contributed by atoms with Crippen molar-refractivity contribution in [2.24, 2.45) is 5.92 Å². The molecule has 0 N–H and O–H groups in total. The predicted molar refractivity (Wildman–Crippen MR) is 84.1 cm³/mol. The monoisotopic (exact) mass is 324 g/mol. The van der Waals surface area contributed by atoms with Crippen molar-refractivity contribution in [3.8, 4) is 0 Å². The van der Waals surface area contributed by atoms with Gasteiger partial charge in [-0.15, -0.1) is 0 Å². The molecule has 0 atom stereocenters. The molecule has 120 valence electrons. The Morgan fingerprint density at radius 2 is 1.91 bits per heavy atom. The molecule has 7 heteroatoms. The van der Waals surface area contributed by atoms with Crippen molar-refractivity contribution in [3.63, 3.8) is 0 Å². The number of hydrogen-bond donors (Lipinski definition) is 0. The molecule has 1 aromatic rings. The van der Waals surface area contributed by atoms with Gasteiger partial charge in [0.1, 0.15) is 16.8 Å². The lowest BCUT2D eigenvalue weighted by atomic mass is 9.95. The van der Waals surface area contributed by atoms with E-state index in [0.717, 1.165) is 44.8 Å². The number of amides is 1. The van der Waals surface area contributed by atoms with E-state index in [0.29, 0.717) is 24.2 Å². The standard InChI is InChI=1S/C15H21ClN4O2/c1-11-17-13(16)10-14(18-11)19-4-2-12(3-5-19)15(21)20-6-8-22-9-7-20/h10,12H,2-9H2,1H3. The van der Waals surface area contributed by atoms with Crippen LogP contribution in [-0.4, -0.2) is 60.2 Å². The molecule has 2 saturated heterocycles. The highest BCUT2D eigenvalue weighted by Gasteiger charge is 2.29. The van der Waals surface area contributed by atoms with E-state index in [-0.39, 0.29) is 11.8 Å². The van der Waals surface area contributed by atoms with Gasteiger partial charge in [0.2, 0.25) is 5.91 Å². The number of aryl methyl sites for hydroxylation is 1. The highest BCUT2D eigenvalue weighted by Crippen LogP contribution is 2.25. The van der Waals surface area contributed by atoms with Gasteiger partial charge in [0.15, 0.2) is 0 Å². The van der Waals surface area contributed by atoms with E-state index in [4.69, 9.17) is 16.3 Å². The summed E-state index contributed by atoms with van der Waals surface area (Å²) in [6, 6.07) is 1.79. The fourth-order valence-corrected chi connectivity index (χ4v) is 3.30. The lowest BCUT2D eigenvalue weighted by molar-refractivity contribution is -0.140. The van der Waals surface area contributed by atoms with Crippen LogP contribution in [0.1, 0.15) is 18.7 Å². The Kier molecular flexibility index (Phi) is 4.78. The maximum atomic E-state index is 12.5. The van der Waals surface area contributed by atoms with Crippen LogP contribution in [0.2, 0.25) is 5.15 Å². The lowest BCUT2D eigenvalue weighted by Gasteiger charge is -2.36. The molecule has 0 aromatic carbocycles. The third-order valence-corrected chi connectivity index (χ3v) is 4.48. The van der Waals surface area contributed by atoms with E-state index in [1.54, 1.807) is 6.07 Å². The molecule has 0 bridgehead atoms. The molecule has 0 unspecified atom stereocenters. The molecule has 2 aliphatic heterocycles. The van der Waals surface area contributed by atoms with Gasteiger partial charge in [-0.05, 0) is 19.8 Å². The first-order valence-corrected chi connectivity index (χ1v) is 8.14. The number of carbonyl (C=O) groups excluding carboxylic acids is 1. The number of ether oxygens (including phenoxy) is 1. The van der Waals surface area contributed by atoms with Crippen molar-refractivity contribution < 1.29 is 9.53 Å². The van der Waals surface area contributed by atoms with E-state index in [1.165, 1.54) is 0 Å². The van der Waals surface area contributed by atoms with E-state index in [1.807, 2.05) is 11.8 Å². The molecule has 2 aliphatic rings. The number of carbonyl (C=O) groups is 1. The van der Waals surface area contributed by atoms with Crippen molar-refractivity contribution in [3.05, 3.63) is 17.0 Å². The van der Waals surface area contributed by atoms with Crippen LogP contribution in [0, 0.1) is 12.8 Å². The lowest BCUT2D eigenvalue weighted by Crippen LogP contribution is -2.47. The molecule has 3 heterocycles. The van der Waals surface area contributed by atoms with E-state index < -0.39 is 0 Å². The minimum atomic E-state index is 0.118. The second kappa shape index (κ2) is 6.79. The molecule has 0 spiro atoms. The Morgan fingerprint density at radius 3 is 2.55 bits per heavy atom. The molecule has 3 rings (SSSR count). The highest BCUT2D eigenvalue weighted by molar-refractivity contribution is 6.29. The zero-order chi connectivity index (χ0) is 15.5. The van der Waals surface area contributed by atoms with Crippen molar-refractivity contribution in [2.75, 3.05) is 44.3 Å². The third-order valence-electron chi connectivity index (χ3n) is 4.28. The summed E-state index contributed by atoms with van der Waals surface area (Å²) in [7, 11) is 0. The summed E-state index contributed by atoms with van der Waals surface area (Å²) >= 11 is 6.00. The first-order chi connectivity index (χ1) is 10.6. The molecular weight excluding hydrogens is 304 g/mol. The Hall–Kier alpha value is -1.40. The highest BCUT2D eigenvalue weighted by atomic mass is 35.5. The van der Waals surface area contributed by atoms with E-state index >= 15 is 0 Å². The number of morpholine rings is 1. The van der Waals surface area contributed by atoms with Crippen molar-refractivity contribution in [2.45, 2.75) is 19.8 Å². The number of piperidine rings is 1. The smallest absolute Gasteiger partial charge is 0.225 e. The average Bonchev–Trinajstić information content (AvgIpc) is 2.54. The minimum absolute atomic E-state index is 0.118. The van der Waals surface area contributed by atoms with Gasteiger partial charge >= 0.3 is 0 Å². The Bertz CT molecular complexity index is 520. The van der Waals surface area contributed by atoms with Crippen LogP contribution in [0.3, 0.4) is 0 Å². The molecular formula is C15H21ClN4O2. The van der Waals surface area contributed by atoms with Gasteiger partial charge in [-0.3, -0.25) is 4.79 Å². The zero-order valence-corrected chi connectivity index (χ0v) is 13.6. The van der Waals surface area contributed by atoms with Gasteiger partial charge in [0.05, 0.1) is 13.2 Å². The van der Waals surface area contributed by atoms with Crippen LogP contribution in [0.5, 0.6) is 0 Å². The summed E-state index contributed by atoms with van der Waals surface area (Å²) in [4.78, 5) is 25.2. The van der Waals surface area contributed by atoms with Crippen LogP contribution in [0.25, 0.3) is 0 Å². The first kappa shape index (κ1) is 15.5. The van der Waals surface area contributed by atoms with Crippen LogP contribution >= 0.6 is 11.6 Å². The molecule has 6 nitrogen and oxygen atoms in total. The van der Waals surface area contributed by atoms with Crippen LogP contribution < -0.4 is 4.90 Å². The second-order valence-corrected chi connectivity index (χ2v) is 6.18. The van der Waals surface area contributed by atoms with Gasteiger partial charge < -0.3 is 14.5 Å². The SMILES string of the molecule is Cc1nc(Cl)cc(N2CCC(C(=O)N3CCOCC3)CC2)n1. The number of aromatic nitrogens is 2. The molecule has 1 amide bonds. The number of anilines is 1. The fraction of sp³-hybridized carbons (Fsp3) is 0.667. The number of hydrogen-bond acceptors (Lipinski definition) is 5. The molecule has 0 aliphatic carbocycles. The van der Waals surface area contributed by atoms with Crippen LogP contribution in [0.4, 0.5) is 5.82 Å². The summed E-state index contributed by atoms with van der Waals surface area (Å²) in [5, 5.41) is 0.467. The molecule has 0 saturated carbocycles. The van der Waals surface area contributed by atoms with Crippen molar-refractivity contribution >= 4 is 23.3 Å². The first-order valence-electron chi connectivity index (χ1n) is 7.76. The van der Waals surface area contributed by atoms with Gasteiger partial charge in [-0.1, -0.05) is 11.6 Å². The Balaban J connectivity index is 1.58. The van der Waals surface area contributed by atoms with Gasteiger partial charge in [0, 0.05) is 38.2 Å². The fourth-order valence-electron chi connectivity index (χ4n) is 3.08. The van der Waals surface area contributed by atoms with Crippen molar-refractivity contribution in [1.82, 2.24) is 14.9 Å². The Morgan fingerprint density at radius 1 is 1.23 bits per heavy atom. The van der Waals surface area contributed by atoms with Crippen molar-refractivity contribution in [1.29, 1.82) is 0 Å². The molecule has 22 heavy (non-hydrogen) atoms. The van der Waals surface area contributed by atoms with Gasteiger partial charge in [-0.25, -0.2) is 9.97 Å². The Labute approximate surface area is 135 Å². The summed E-state index contributed by atoms with van der Waals surface area (Å²) in [5.74, 6) is 1.93. The maximum absolute atomic E-state index is 12.5. The third kappa shape index (κ3) is 3.50. The largest absolute Gasteiger partial charge is 0.378 e. The average molecular weight is 325 g/mol. The normalized spacial score (nSPS) is 20.3.